The molecule has 0 amide bonds. The molecule has 3 N–H and O–H groups in total. The topological polar surface area (TPSA) is 100 Å². The van der Waals surface area contributed by atoms with E-state index in [1.807, 2.05) is 0 Å². The molecule has 0 saturated heterocycles. The zero-order valence-electron chi connectivity index (χ0n) is 13.4. The smallest absolute Gasteiger partial charge is 0.330 e. The summed E-state index contributed by atoms with van der Waals surface area (Å²) in [5.74, 6) is -0.614. The van der Waals surface area contributed by atoms with Crippen molar-refractivity contribution in [1.82, 2.24) is 0 Å². The molecule has 0 fully saturated rings. The molecule has 0 saturated carbocycles. The van der Waals surface area contributed by atoms with E-state index in [1.54, 1.807) is 31.2 Å². The van der Waals surface area contributed by atoms with E-state index in [1.165, 1.54) is 24.3 Å². The quantitative estimate of drug-likeness (QED) is 0.379. The van der Waals surface area contributed by atoms with Gasteiger partial charge in [0.2, 0.25) is 0 Å². The number of ether oxygens (including phenoxy) is 1. The van der Waals surface area contributed by atoms with Gasteiger partial charge in [0.05, 0.1) is 6.61 Å². The zero-order valence-corrected chi connectivity index (χ0v) is 13.4. The number of esters is 1. The number of phenolic OH excluding ortho intramolecular Hbond substituents is 3. The Kier molecular flexibility index (Phi) is 4.35. The molecule has 128 valence electrons. The lowest BCUT2D eigenvalue weighted by atomic mass is 10.1. The van der Waals surface area contributed by atoms with Crippen LogP contribution in [0.5, 0.6) is 17.2 Å². The van der Waals surface area contributed by atoms with Crippen LogP contribution in [0.25, 0.3) is 28.4 Å². The number of aromatic hydroxyl groups is 3. The van der Waals surface area contributed by atoms with Crippen molar-refractivity contribution in [2.75, 3.05) is 6.61 Å². The van der Waals surface area contributed by atoms with Crippen molar-refractivity contribution < 1.29 is 29.3 Å². The van der Waals surface area contributed by atoms with Crippen LogP contribution in [0.3, 0.4) is 0 Å². The number of furan rings is 1. The number of hydrogen-bond acceptors (Lipinski definition) is 6. The Morgan fingerprint density at radius 1 is 1.08 bits per heavy atom. The van der Waals surface area contributed by atoms with E-state index in [4.69, 9.17) is 9.15 Å². The lowest BCUT2D eigenvalue weighted by Gasteiger charge is -2.00. The van der Waals surface area contributed by atoms with E-state index in [-0.39, 0.29) is 29.4 Å². The predicted molar refractivity (Wildman–Crippen MR) is 92.3 cm³/mol. The molecule has 0 aliphatic carbocycles. The van der Waals surface area contributed by atoms with Gasteiger partial charge >= 0.3 is 5.97 Å². The fourth-order valence-corrected chi connectivity index (χ4v) is 2.44. The van der Waals surface area contributed by atoms with E-state index in [0.717, 1.165) is 0 Å². The Bertz CT molecular complexity index is 967. The summed E-state index contributed by atoms with van der Waals surface area (Å²) < 4.78 is 10.5. The van der Waals surface area contributed by atoms with Crippen molar-refractivity contribution in [3.05, 3.63) is 48.0 Å². The van der Waals surface area contributed by atoms with E-state index < -0.39 is 5.97 Å². The highest BCUT2D eigenvalue weighted by molar-refractivity contribution is 5.97. The number of hydrogen-bond donors (Lipinski definition) is 3. The van der Waals surface area contributed by atoms with Gasteiger partial charge < -0.3 is 24.5 Å². The molecule has 0 unspecified atom stereocenters. The summed E-state index contributed by atoms with van der Waals surface area (Å²) in [6, 6.07) is 9.09. The van der Waals surface area contributed by atoms with E-state index >= 15 is 0 Å². The van der Waals surface area contributed by atoms with Crippen LogP contribution in [0.2, 0.25) is 0 Å². The molecule has 6 nitrogen and oxygen atoms in total. The van der Waals surface area contributed by atoms with Crippen LogP contribution < -0.4 is 0 Å². The molecule has 25 heavy (non-hydrogen) atoms. The molecule has 3 rings (SSSR count). The summed E-state index contributed by atoms with van der Waals surface area (Å²) >= 11 is 0. The van der Waals surface area contributed by atoms with Crippen LogP contribution >= 0.6 is 0 Å². The predicted octanol–water partition coefficient (Wildman–Crippen LogP) is 3.79. The molecular formula is C19H16O6. The van der Waals surface area contributed by atoms with Crippen molar-refractivity contribution in [2.45, 2.75) is 6.92 Å². The Morgan fingerprint density at radius 3 is 2.56 bits per heavy atom. The second-order valence-electron chi connectivity index (χ2n) is 5.32. The molecule has 0 atom stereocenters. The first kappa shape index (κ1) is 16.4. The van der Waals surface area contributed by atoms with Gasteiger partial charge in [-0.2, -0.15) is 0 Å². The van der Waals surface area contributed by atoms with Crippen LogP contribution in [-0.4, -0.2) is 27.9 Å². The third kappa shape index (κ3) is 3.28. The summed E-state index contributed by atoms with van der Waals surface area (Å²) in [6.07, 6.45) is 2.88. The Labute approximate surface area is 143 Å². The van der Waals surface area contributed by atoms with Gasteiger partial charge in [-0.15, -0.1) is 0 Å². The molecule has 1 aromatic heterocycles. The summed E-state index contributed by atoms with van der Waals surface area (Å²) in [5, 5.41) is 29.7. The third-order valence-electron chi connectivity index (χ3n) is 3.64. The van der Waals surface area contributed by atoms with Crippen molar-refractivity contribution in [3.8, 4) is 28.6 Å². The normalized spacial score (nSPS) is 11.2. The molecule has 1 heterocycles. The summed E-state index contributed by atoms with van der Waals surface area (Å²) in [4.78, 5) is 11.5. The summed E-state index contributed by atoms with van der Waals surface area (Å²) in [5.41, 5.74) is 1.46. The molecule has 3 aromatic rings. The van der Waals surface area contributed by atoms with Gasteiger partial charge in [0, 0.05) is 17.0 Å². The number of benzene rings is 2. The highest BCUT2D eigenvalue weighted by Gasteiger charge is 2.13. The van der Waals surface area contributed by atoms with E-state index in [0.29, 0.717) is 22.3 Å². The van der Waals surface area contributed by atoms with E-state index in [2.05, 4.69) is 0 Å². The lowest BCUT2D eigenvalue weighted by Crippen LogP contribution is -1.98. The minimum absolute atomic E-state index is 0.0439. The summed E-state index contributed by atoms with van der Waals surface area (Å²) in [7, 11) is 0. The number of fused-ring (bicyclic) bond motifs is 1. The minimum atomic E-state index is -0.462. The van der Waals surface area contributed by atoms with Gasteiger partial charge in [-0.05, 0) is 48.9 Å². The van der Waals surface area contributed by atoms with Gasteiger partial charge in [0.15, 0.2) is 22.8 Å². The van der Waals surface area contributed by atoms with Crippen LogP contribution in [0, 0.1) is 0 Å². The number of carbonyl (C=O) groups excluding carboxylic acids is 1. The fourth-order valence-electron chi connectivity index (χ4n) is 2.44. The maximum atomic E-state index is 11.5. The average molecular weight is 340 g/mol. The van der Waals surface area contributed by atoms with Gasteiger partial charge in [0.1, 0.15) is 5.76 Å². The SMILES string of the molecule is CCOC(=O)/C=C/c1ccc(O)c2oc(-c3ccc(O)c(O)c3)cc12. The van der Waals surface area contributed by atoms with Gasteiger partial charge in [-0.3, -0.25) is 0 Å². The fraction of sp³-hybridized carbons (Fsp3) is 0.105. The third-order valence-corrected chi connectivity index (χ3v) is 3.64. The highest BCUT2D eigenvalue weighted by Crippen LogP contribution is 2.37. The van der Waals surface area contributed by atoms with Crippen LogP contribution in [-0.2, 0) is 9.53 Å². The van der Waals surface area contributed by atoms with Crippen molar-refractivity contribution in [1.29, 1.82) is 0 Å². The second-order valence-corrected chi connectivity index (χ2v) is 5.32. The van der Waals surface area contributed by atoms with Crippen LogP contribution in [0.15, 0.2) is 46.9 Å². The first-order valence-corrected chi connectivity index (χ1v) is 7.62. The zero-order chi connectivity index (χ0) is 18.0. The lowest BCUT2D eigenvalue weighted by molar-refractivity contribution is -0.137. The molecule has 0 spiro atoms. The highest BCUT2D eigenvalue weighted by atomic mass is 16.5. The average Bonchev–Trinajstić information content (AvgIpc) is 3.03. The van der Waals surface area contributed by atoms with Crippen LogP contribution in [0.4, 0.5) is 0 Å². The molecular weight excluding hydrogens is 324 g/mol. The molecule has 0 aliphatic heterocycles. The van der Waals surface area contributed by atoms with E-state index in [9.17, 15) is 20.1 Å². The van der Waals surface area contributed by atoms with Crippen LogP contribution in [0.1, 0.15) is 12.5 Å². The molecule has 6 heteroatoms. The Morgan fingerprint density at radius 2 is 1.84 bits per heavy atom. The molecule has 0 aliphatic rings. The minimum Gasteiger partial charge on any atom is -0.504 e. The van der Waals surface area contributed by atoms with Gasteiger partial charge in [0.25, 0.3) is 0 Å². The van der Waals surface area contributed by atoms with Crippen molar-refractivity contribution in [2.24, 2.45) is 0 Å². The molecule has 0 radical (unpaired) electrons. The maximum absolute atomic E-state index is 11.5. The number of rotatable bonds is 4. The first-order valence-electron chi connectivity index (χ1n) is 7.62. The van der Waals surface area contributed by atoms with Gasteiger partial charge in [-0.25, -0.2) is 4.79 Å². The summed E-state index contributed by atoms with van der Waals surface area (Å²) in [6.45, 7) is 2.01. The number of phenols is 3. The molecule has 0 bridgehead atoms. The standard InChI is InChI=1S/C19H16O6/c1-2-24-18(23)8-5-11-3-7-15(21)19-13(11)10-17(25-19)12-4-6-14(20)16(22)9-12/h3-10,20-22H,2H2,1H3/b8-5+. The molecule has 2 aromatic carbocycles. The van der Waals surface area contributed by atoms with Crippen molar-refractivity contribution >= 4 is 23.0 Å². The number of carbonyl (C=O) groups is 1. The largest absolute Gasteiger partial charge is 0.504 e. The monoisotopic (exact) mass is 340 g/mol. The maximum Gasteiger partial charge on any atom is 0.330 e. The second kappa shape index (κ2) is 6.60. The first-order chi connectivity index (χ1) is 12.0. The van der Waals surface area contributed by atoms with Gasteiger partial charge in [-0.1, -0.05) is 6.07 Å². The van der Waals surface area contributed by atoms with Crippen molar-refractivity contribution in [3.63, 3.8) is 0 Å². The Hall–Kier alpha value is -3.41. The Balaban J connectivity index is 2.06.